The second-order valence-electron chi connectivity index (χ2n) is 8.00. The highest BCUT2D eigenvalue weighted by Crippen LogP contribution is 2.38. The Morgan fingerprint density at radius 1 is 1.11 bits per heavy atom. The summed E-state index contributed by atoms with van der Waals surface area (Å²) in [6, 6.07) is 7.76. The van der Waals surface area contributed by atoms with Crippen LogP contribution in [-0.2, 0) is 10.2 Å². The predicted molar refractivity (Wildman–Crippen MR) is 108 cm³/mol. The van der Waals surface area contributed by atoms with Crippen molar-refractivity contribution >= 4 is 10.2 Å². The molecule has 28 heavy (non-hydrogen) atoms. The van der Waals surface area contributed by atoms with Crippen LogP contribution in [0.1, 0.15) is 57.1 Å². The van der Waals surface area contributed by atoms with Crippen molar-refractivity contribution < 1.29 is 8.42 Å². The van der Waals surface area contributed by atoms with Gasteiger partial charge in [0.15, 0.2) is 0 Å². The number of piperidine rings is 1. The standard InChI is InChI=1S/C20H29N5O2S/c1-16(17-9-11-19(12-10-17)24-15-21-14-22-24)23(2)28(26,27)25-13-5-7-18-6-3-4-8-20(18)25/h9-12,14-16,18,20H,3-8,13H2,1-2H3/t16-,18+,20+/m1/s1. The molecule has 2 aromatic rings. The van der Waals surface area contributed by atoms with Crippen molar-refractivity contribution in [3.8, 4) is 5.69 Å². The maximum absolute atomic E-state index is 13.4. The van der Waals surface area contributed by atoms with Gasteiger partial charge in [-0.05, 0) is 56.2 Å². The third kappa shape index (κ3) is 3.60. The average molecular weight is 404 g/mol. The van der Waals surface area contributed by atoms with E-state index in [1.54, 1.807) is 22.4 Å². The molecular formula is C20H29N5O2S. The first kappa shape index (κ1) is 19.5. The van der Waals surface area contributed by atoms with E-state index in [1.165, 1.54) is 29.9 Å². The Morgan fingerprint density at radius 3 is 2.54 bits per heavy atom. The van der Waals surface area contributed by atoms with E-state index in [-0.39, 0.29) is 12.1 Å². The van der Waals surface area contributed by atoms with Crippen LogP contribution in [0.25, 0.3) is 5.69 Å². The summed E-state index contributed by atoms with van der Waals surface area (Å²) >= 11 is 0. The molecule has 3 atom stereocenters. The van der Waals surface area contributed by atoms with Crippen LogP contribution in [0.15, 0.2) is 36.9 Å². The molecule has 2 aliphatic rings. The van der Waals surface area contributed by atoms with Gasteiger partial charge in [-0.1, -0.05) is 25.0 Å². The fourth-order valence-corrected chi connectivity index (χ4v) is 6.52. The van der Waals surface area contributed by atoms with E-state index in [0.717, 1.165) is 30.5 Å². The Hall–Kier alpha value is -1.77. The van der Waals surface area contributed by atoms with Crippen LogP contribution in [0, 0.1) is 5.92 Å². The predicted octanol–water partition coefficient (Wildman–Crippen LogP) is 3.16. The molecule has 0 bridgehead atoms. The molecule has 2 heterocycles. The largest absolute Gasteiger partial charge is 0.282 e. The van der Waals surface area contributed by atoms with Gasteiger partial charge in [0.05, 0.1) is 5.69 Å². The molecule has 0 unspecified atom stereocenters. The zero-order valence-corrected chi connectivity index (χ0v) is 17.4. The summed E-state index contributed by atoms with van der Waals surface area (Å²) in [6.45, 7) is 2.59. The normalized spacial score (nSPS) is 24.8. The highest BCUT2D eigenvalue weighted by molar-refractivity contribution is 7.86. The van der Waals surface area contributed by atoms with Gasteiger partial charge in [0.2, 0.25) is 0 Å². The lowest BCUT2D eigenvalue weighted by Gasteiger charge is -2.44. The van der Waals surface area contributed by atoms with Crippen molar-refractivity contribution in [2.45, 2.75) is 57.5 Å². The van der Waals surface area contributed by atoms with Crippen LogP contribution < -0.4 is 0 Å². The van der Waals surface area contributed by atoms with Crippen molar-refractivity contribution in [3.05, 3.63) is 42.5 Å². The van der Waals surface area contributed by atoms with Crippen molar-refractivity contribution in [3.63, 3.8) is 0 Å². The van der Waals surface area contributed by atoms with Crippen molar-refractivity contribution in [1.29, 1.82) is 0 Å². The second-order valence-corrected chi connectivity index (χ2v) is 9.94. The molecule has 0 radical (unpaired) electrons. The first-order valence-corrected chi connectivity index (χ1v) is 11.6. The van der Waals surface area contributed by atoms with E-state index in [4.69, 9.17) is 0 Å². The van der Waals surface area contributed by atoms with Gasteiger partial charge in [-0.25, -0.2) is 9.67 Å². The maximum Gasteiger partial charge on any atom is 0.282 e. The molecule has 0 spiro atoms. The van der Waals surface area contributed by atoms with E-state index < -0.39 is 10.2 Å². The summed E-state index contributed by atoms with van der Waals surface area (Å²) in [5.74, 6) is 0.531. The Morgan fingerprint density at radius 2 is 1.82 bits per heavy atom. The van der Waals surface area contributed by atoms with Crippen LogP contribution in [0.2, 0.25) is 0 Å². The summed E-state index contributed by atoms with van der Waals surface area (Å²) in [6.07, 6.45) is 9.81. The van der Waals surface area contributed by atoms with Gasteiger partial charge in [-0.3, -0.25) is 0 Å². The molecule has 0 amide bonds. The number of fused-ring (bicyclic) bond motifs is 1. The SMILES string of the molecule is C[C@H](c1ccc(-n2cncn2)cc1)N(C)S(=O)(=O)N1CCC[C@@H]2CCCC[C@@H]21. The number of rotatable bonds is 5. The summed E-state index contributed by atoms with van der Waals surface area (Å²) in [4.78, 5) is 3.96. The topological polar surface area (TPSA) is 71.3 Å². The van der Waals surface area contributed by atoms with Crippen LogP contribution in [0.5, 0.6) is 0 Å². The smallest absolute Gasteiger partial charge is 0.223 e. The molecule has 1 saturated heterocycles. The molecule has 4 rings (SSSR count). The van der Waals surface area contributed by atoms with Gasteiger partial charge in [0.25, 0.3) is 10.2 Å². The van der Waals surface area contributed by atoms with E-state index in [2.05, 4.69) is 10.1 Å². The van der Waals surface area contributed by atoms with Crippen molar-refractivity contribution in [1.82, 2.24) is 23.4 Å². The van der Waals surface area contributed by atoms with Crippen LogP contribution >= 0.6 is 0 Å². The molecule has 1 aliphatic heterocycles. The van der Waals surface area contributed by atoms with E-state index in [1.807, 2.05) is 31.2 Å². The van der Waals surface area contributed by atoms with Gasteiger partial charge >= 0.3 is 0 Å². The van der Waals surface area contributed by atoms with Crippen molar-refractivity contribution in [2.24, 2.45) is 5.92 Å². The minimum absolute atomic E-state index is 0.178. The monoisotopic (exact) mass is 403 g/mol. The van der Waals surface area contributed by atoms with Gasteiger partial charge < -0.3 is 0 Å². The highest BCUT2D eigenvalue weighted by Gasteiger charge is 2.41. The lowest BCUT2D eigenvalue weighted by Crippen LogP contribution is -2.53. The van der Waals surface area contributed by atoms with Gasteiger partial charge in [-0.15, -0.1) is 0 Å². The zero-order chi connectivity index (χ0) is 19.7. The third-order valence-electron chi connectivity index (χ3n) is 6.46. The molecule has 8 heteroatoms. The van der Waals surface area contributed by atoms with Gasteiger partial charge in [0, 0.05) is 25.7 Å². The minimum atomic E-state index is -3.49. The summed E-state index contributed by atoms with van der Waals surface area (Å²) < 4.78 is 31.9. The molecule has 1 aromatic carbocycles. The lowest BCUT2D eigenvalue weighted by molar-refractivity contribution is 0.121. The van der Waals surface area contributed by atoms with Gasteiger partial charge in [-0.2, -0.15) is 22.1 Å². The van der Waals surface area contributed by atoms with Gasteiger partial charge in [0.1, 0.15) is 12.7 Å². The maximum atomic E-state index is 13.4. The van der Waals surface area contributed by atoms with Crippen molar-refractivity contribution in [2.75, 3.05) is 13.6 Å². The Kier molecular flexibility index (Phi) is 5.53. The van der Waals surface area contributed by atoms with E-state index >= 15 is 0 Å². The number of hydrogen-bond acceptors (Lipinski definition) is 4. The van der Waals surface area contributed by atoms with E-state index in [9.17, 15) is 8.42 Å². The third-order valence-corrected chi connectivity index (χ3v) is 8.55. The fraction of sp³-hybridized carbons (Fsp3) is 0.600. The average Bonchev–Trinajstić information content (AvgIpc) is 3.27. The fourth-order valence-electron chi connectivity index (χ4n) is 4.69. The molecule has 1 saturated carbocycles. The molecule has 1 aliphatic carbocycles. The molecule has 7 nitrogen and oxygen atoms in total. The molecule has 152 valence electrons. The highest BCUT2D eigenvalue weighted by atomic mass is 32.2. The Balaban J connectivity index is 1.53. The number of benzene rings is 1. The Labute approximate surface area is 167 Å². The van der Waals surface area contributed by atoms with Crippen LogP contribution in [0.4, 0.5) is 0 Å². The molecule has 1 aromatic heterocycles. The second kappa shape index (κ2) is 7.93. The van der Waals surface area contributed by atoms with Crippen LogP contribution in [-0.4, -0.2) is 51.4 Å². The summed E-state index contributed by atoms with van der Waals surface area (Å²) in [7, 11) is -1.79. The molecule has 2 fully saturated rings. The first-order chi connectivity index (χ1) is 13.5. The number of hydrogen-bond donors (Lipinski definition) is 0. The Bertz CT molecular complexity index is 880. The molecular weight excluding hydrogens is 374 g/mol. The van der Waals surface area contributed by atoms with Crippen LogP contribution in [0.3, 0.4) is 0 Å². The minimum Gasteiger partial charge on any atom is -0.223 e. The summed E-state index contributed by atoms with van der Waals surface area (Å²) in [5.41, 5.74) is 1.87. The molecule has 0 N–H and O–H groups in total. The number of aromatic nitrogens is 3. The van der Waals surface area contributed by atoms with E-state index in [0.29, 0.717) is 12.5 Å². The summed E-state index contributed by atoms with van der Waals surface area (Å²) in [5, 5.41) is 4.13. The first-order valence-electron chi connectivity index (χ1n) is 10.2. The number of nitrogens with zero attached hydrogens (tertiary/aromatic N) is 5. The quantitative estimate of drug-likeness (QED) is 0.769. The lowest BCUT2D eigenvalue weighted by atomic mass is 9.79. The zero-order valence-electron chi connectivity index (χ0n) is 16.6.